The summed E-state index contributed by atoms with van der Waals surface area (Å²) in [5.74, 6) is -0.217. The van der Waals surface area contributed by atoms with E-state index in [0.717, 1.165) is 5.56 Å². The van der Waals surface area contributed by atoms with Crippen LogP contribution in [0, 0.1) is 6.92 Å². The van der Waals surface area contributed by atoms with Crippen molar-refractivity contribution in [3.63, 3.8) is 0 Å². The van der Waals surface area contributed by atoms with Crippen LogP contribution in [0.3, 0.4) is 0 Å². The molecule has 7 nitrogen and oxygen atoms in total. The Morgan fingerprint density at radius 3 is 2.72 bits per heavy atom. The average molecular weight is 495 g/mol. The minimum atomic E-state index is -0.351. The highest BCUT2D eigenvalue weighted by Gasteiger charge is 2.34. The molecule has 0 aliphatic carbocycles. The van der Waals surface area contributed by atoms with Crippen molar-refractivity contribution in [1.29, 1.82) is 0 Å². The number of nitrogens with zero attached hydrogens (tertiary/aromatic N) is 5. The van der Waals surface area contributed by atoms with Crippen LogP contribution < -0.4 is 4.90 Å². The van der Waals surface area contributed by atoms with Crippen LogP contribution in [0.1, 0.15) is 26.4 Å². The number of halogens is 3. The van der Waals surface area contributed by atoms with Gasteiger partial charge in [0.15, 0.2) is 5.82 Å². The first-order valence-electron chi connectivity index (χ1n) is 8.52. The Kier molecular flexibility index (Phi) is 5.10. The standard InChI is InChI=1S/C19H14BrCl2N5O2/c1-10-6-11(21)7-12-16(10)26(9-25(2)18(12)28)19(29)14-8-15(20)24-27(14)17-13(22)4-3-5-23-17/h3-8H,9H2,1-2H3. The molecule has 0 bridgehead atoms. The number of benzene rings is 1. The first-order chi connectivity index (χ1) is 13.8. The number of carbonyl (C=O) groups excluding carboxylic acids is 2. The highest BCUT2D eigenvalue weighted by Crippen LogP contribution is 2.34. The van der Waals surface area contributed by atoms with Gasteiger partial charge >= 0.3 is 0 Å². The van der Waals surface area contributed by atoms with E-state index in [2.05, 4.69) is 26.0 Å². The van der Waals surface area contributed by atoms with E-state index in [0.29, 0.717) is 31.7 Å². The zero-order chi connectivity index (χ0) is 20.9. The molecule has 0 N–H and O–H groups in total. The van der Waals surface area contributed by atoms with E-state index in [1.165, 1.54) is 14.5 Å². The van der Waals surface area contributed by atoms with E-state index in [1.807, 2.05) is 6.92 Å². The molecular formula is C19H14BrCl2N5O2. The van der Waals surface area contributed by atoms with Crippen molar-refractivity contribution in [2.75, 3.05) is 18.6 Å². The van der Waals surface area contributed by atoms with Crippen LogP contribution in [-0.2, 0) is 0 Å². The van der Waals surface area contributed by atoms with Gasteiger partial charge in [0, 0.05) is 24.3 Å². The monoisotopic (exact) mass is 493 g/mol. The molecule has 3 heterocycles. The van der Waals surface area contributed by atoms with Crippen LogP contribution >= 0.6 is 39.1 Å². The number of pyridine rings is 1. The fourth-order valence-electron chi connectivity index (χ4n) is 3.31. The second kappa shape index (κ2) is 7.44. The zero-order valence-corrected chi connectivity index (χ0v) is 18.5. The summed E-state index contributed by atoms with van der Waals surface area (Å²) >= 11 is 15.7. The lowest BCUT2D eigenvalue weighted by Gasteiger charge is -2.35. The van der Waals surface area contributed by atoms with E-state index in [9.17, 15) is 9.59 Å². The van der Waals surface area contributed by atoms with Crippen LogP contribution in [0.2, 0.25) is 10.0 Å². The number of aromatic nitrogens is 3. The average Bonchev–Trinajstić information content (AvgIpc) is 3.06. The molecule has 0 radical (unpaired) electrons. The largest absolute Gasteiger partial charge is 0.323 e. The molecule has 0 unspecified atom stereocenters. The lowest BCUT2D eigenvalue weighted by Crippen LogP contribution is -2.48. The van der Waals surface area contributed by atoms with Gasteiger partial charge in [0.2, 0.25) is 0 Å². The lowest BCUT2D eigenvalue weighted by atomic mass is 10.0. The van der Waals surface area contributed by atoms with Crippen molar-refractivity contribution in [3.8, 4) is 5.82 Å². The van der Waals surface area contributed by atoms with Crippen molar-refractivity contribution in [3.05, 3.63) is 68.0 Å². The third-order valence-electron chi connectivity index (χ3n) is 4.55. The van der Waals surface area contributed by atoms with Gasteiger partial charge in [0.05, 0.1) is 16.3 Å². The highest BCUT2D eigenvalue weighted by molar-refractivity contribution is 9.10. The molecule has 2 amide bonds. The van der Waals surface area contributed by atoms with Gasteiger partial charge < -0.3 is 4.90 Å². The van der Waals surface area contributed by atoms with E-state index in [4.69, 9.17) is 23.2 Å². The smallest absolute Gasteiger partial charge is 0.278 e. The number of fused-ring (bicyclic) bond motifs is 1. The fourth-order valence-corrected chi connectivity index (χ4v) is 4.16. The van der Waals surface area contributed by atoms with E-state index < -0.39 is 0 Å². The quantitative estimate of drug-likeness (QED) is 0.531. The first kappa shape index (κ1) is 19.9. The molecule has 10 heteroatoms. The SMILES string of the molecule is Cc1cc(Cl)cc2c1N(C(=O)c1cc(Br)nn1-c1ncccc1Cl)CN(C)C2=O. The molecule has 0 fully saturated rings. The summed E-state index contributed by atoms with van der Waals surface area (Å²) in [7, 11) is 1.63. The maximum absolute atomic E-state index is 13.6. The topological polar surface area (TPSA) is 71.3 Å². The van der Waals surface area contributed by atoms with Gasteiger partial charge in [0.1, 0.15) is 17.0 Å². The van der Waals surface area contributed by atoms with Crippen LogP contribution in [-0.4, -0.2) is 45.2 Å². The Balaban J connectivity index is 1.87. The van der Waals surface area contributed by atoms with Gasteiger partial charge in [-0.3, -0.25) is 14.5 Å². The minimum Gasteiger partial charge on any atom is -0.323 e. The van der Waals surface area contributed by atoms with Gasteiger partial charge in [0.25, 0.3) is 11.8 Å². The summed E-state index contributed by atoms with van der Waals surface area (Å²) in [6.45, 7) is 1.90. The van der Waals surface area contributed by atoms with Crippen molar-refractivity contribution in [1.82, 2.24) is 19.7 Å². The molecule has 0 atom stereocenters. The van der Waals surface area contributed by atoms with Crippen LogP contribution in [0.25, 0.3) is 5.82 Å². The van der Waals surface area contributed by atoms with Gasteiger partial charge in [-0.25, -0.2) is 9.67 Å². The fraction of sp³-hybridized carbons (Fsp3) is 0.158. The molecule has 29 heavy (non-hydrogen) atoms. The van der Waals surface area contributed by atoms with E-state index >= 15 is 0 Å². The van der Waals surface area contributed by atoms with Crippen molar-refractivity contribution < 1.29 is 9.59 Å². The van der Waals surface area contributed by atoms with Crippen molar-refractivity contribution in [2.45, 2.75) is 6.92 Å². The Morgan fingerprint density at radius 2 is 2.00 bits per heavy atom. The number of amides is 2. The molecular weight excluding hydrogens is 481 g/mol. The summed E-state index contributed by atoms with van der Waals surface area (Å²) in [6, 6.07) is 8.25. The predicted octanol–water partition coefficient (Wildman–Crippen LogP) is 4.33. The Labute approximate surface area is 185 Å². The molecule has 148 valence electrons. The summed E-state index contributed by atoms with van der Waals surface area (Å²) in [4.78, 5) is 33.4. The van der Waals surface area contributed by atoms with Crippen molar-refractivity contribution >= 4 is 56.6 Å². The molecule has 4 rings (SSSR count). The molecule has 0 saturated heterocycles. The van der Waals surface area contributed by atoms with E-state index in [1.54, 1.807) is 43.6 Å². The second-order valence-corrected chi connectivity index (χ2v) is 8.23. The Hall–Kier alpha value is -2.42. The molecule has 2 aromatic heterocycles. The number of hydrogen-bond donors (Lipinski definition) is 0. The summed E-state index contributed by atoms with van der Waals surface area (Å²) in [6.07, 6.45) is 1.57. The molecule has 0 spiro atoms. The summed E-state index contributed by atoms with van der Waals surface area (Å²) < 4.78 is 1.84. The van der Waals surface area contributed by atoms with E-state index in [-0.39, 0.29) is 24.2 Å². The minimum absolute atomic E-state index is 0.0892. The number of rotatable bonds is 2. The molecule has 1 aliphatic heterocycles. The molecule has 0 saturated carbocycles. The number of carbonyl (C=O) groups is 2. The van der Waals surface area contributed by atoms with Gasteiger partial charge in [-0.05, 0) is 52.7 Å². The maximum Gasteiger partial charge on any atom is 0.278 e. The third kappa shape index (κ3) is 3.41. The first-order valence-corrected chi connectivity index (χ1v) is 10.1. The zero-order valence-electron chi connectivity index (χ0n) is 15.4. The maximum atomic E-state index is 13.6. The Bertz CT molecular complexity index is 1160. The van der Waals surface area contributed by atoms with Crippen LogP contribution in [0.15, 0.2) is 41.1 Å². The normalized spacial score (nSPS) is 13.6. The van der Waals surface area contributed by atoms with Gasteiger partial charge in [-0.15, -0.1) is 0 Å². The van der Waals surface area contributed by atoms with Gasteiger partial charge in [-0.2, -0.15) is 5.10 Å². The molecule has 1 aliphatic rings. The number of aryl methyl sites for hydroxylation is 1. The summed E-state index contributed by atoms with van der Waals surface area (Å²) in [5.41, 5.74) is 1.88. The lowest BCUT2D eigenvalue weighted by molar-refractivity contribution is 0.0768. The van der Waals surface area contributed by atoms with Gasteiger partial charge in [-0.1, -0.05) is 23.2 Å². The summed E-state index contributed by atoms with van der Waals surface area (Å²) in [5, 5.41) is 5.11. The van der Waals surface area contributed by atoms with Crippen LogP contribution in [0.4, 0.5) is 5.69 Å². The highest BCUT2D eigenvalue weighted by atomic mass is 79.9. The third-order valence-corrected chi connectivity index (χ3v) is 5.45. The molecule has 1 aromatic carbocycles. The second-order valence-electron chi connectivity index (χ2n) is 6.57. The Morgan fingerprint density at radius 1 is 1.24 bits per heavy atom. The predicted molar refractivity (Wildman–Crippen MR) is 114 cm³/mol. The van der Waals surface area contributed by atoms with Crippen LogP contribution in [0.5, 0.6) is 0 Å². The van der Waals surface area contributed by atoms with Crippen molar-refractivity contribution in [2.24, 2.45) is 0 Å². The molecule has 3 aromatic rings. The number of anilines is 1. The number of hydrogen-bond acceptors (Lipinski definition) is 4.